The first-order valence-corrected chi connectivity index (χ1v) is 9.64. The van der Waals surface area contributed by atoms with Crippen molar-refractivity contribution < 1.29 is 14.4 Å². The van der Waals surface area contributed by atoms with Gasteiger partial charge in [0.25, 0.3) is 0 Å². The lowest BCUT2D eigenvalue weighted by Gasteiger charge is -2.21. The standard InChI is InChI=1S/C20H21N3O3S/c24-18(14-10-12-21-13-11-14)23-20(26)19(25)22-16-8-4-5-9-17(16)27-15-6-2-1-3-7-15/h1-9,14,21H,10-13H2,(H,22,25)(H,23,24,26). The Morgan fingerprint density at radius 2 is 1.56 bits per heavy atom. The smallest absolute Gasteiger partial charge is 0.316 e. The van der Waals surface area contributed by atoms with Gasteiger partial charge in [-0.25, -0.2) is 0 Å². The molecule has 0 bridgehead atoms. The Bertz CT molecular complexity index is 820. The van der Waals surface area contributed by atoms with E-state index in [1.54, 1.807) is 12.1 Å². The van der Waals surface area contributed by atoms with Crippen molar-refractivity contribution in [2.75, 3.05) is 18.4 Å². The van der Waals surface area contributed by atoms with Gasteiger partial charge in [0.05, 0.1) is 5.69 Å². The highest BCUT2D eigenvalue weighted by molar-refractivity contribution is 7.99. The van der Waals surface area contributed by atoms with Gasteiger partial charge >= 0.3 is 11.8 Å². The largest absolute Gasteiger partial charge is 0.317 e. The molecule has 3 amide bonds. The molecule has 3 rings (SSSR count). The quantitative estimate of drug-likeness (QED) is 0.706. The number of carbonyl (C=O) groups excluding carboxylic acids is 3. The molecular formula is C20H21N3O3S. The van der Waals surface area contributed by atoms with E-state index in [-0.39, 0.29) is 11.8 Å². The summed E-state index contributed by atoms with van der Waals surface area (Å²) in [6.07, 6.45) is 1.33. The second-order valence-electron chi connectivity index (χ2n) is 6.21. The maximum absolute atomic E-state index is 12.2. The van der Waals surface area contributed by atoms with Gasteiger partial charge in [-0.15, -0.1) is 0 Å². The van der Waals surface area contributed by atoms with E-state index >= 15 is 0 Å². The molecule has 7 heteroatoms. The zero-order valence-corrected chi connectivity index (χ0v) is 15.6. The molecule has 1 heterocycles. The number of nitrogens with one attached hydrogen (secondary N) is 3. The predicted molar refractivity (Wildman–Crippen MR) is 104 cm³/mol. The number of amides is 3. The van der Waals surface area contributed by atoms with Crippen LogP contribution in [0.5, 0.6) is 0 Å². The van der Waals surface area contributed by atoms with Crippen LogP contribution < -0.4 is 16.0 Å². The van der Waals surface area contributed by atoms with Gasteiger partial charge in [0, 0.05) is 15.7 Å². The van der Waals surface area contributed by atoms with Gasteiger partial charge in [0.2, 0.25) is 5.91 Å². The monoisotopic (exact) mass is 383 g/mol. The molecule has 1 aliphatic rings. The van der Waals surface area contributed by atoms with Crippen molar-refractivity contribution in [2.45, 2.75) is 22.6 Å². The second kappa shape index (κ2) is 9.34. The van der Waals surface area contributed by atoms with Crippen LogP contribution in [0.2, 0.25) is 0 Å². The van der Waals surface area contributed by atoms with Gasteiger partial charge in [-0.3, -0.25) is 19.7 Å². The van der Waals surface area contributed by atoms with E-state index in [0.717, 1.165) is 22.9 Å². The maximum Gasteiger partial charge on any atom is 0.316 e. The van der Waals surface area contributed by atoms with Crippen LogP contribution in [0.1, 0.15) is 12.8 Å². The number of imide groups is 1. The topological polar surface area (TPSA) is 87.3 Å². The van der Waals surface area contributed by atoms with Crippen LogP contribution in [0.3, 0.4) is 0 Å². The molecule has 27 heavy (non-hydrogen) atoms. The summed E-state index contributed by atoms with van der Waals surface area (Å²) < 4.78 is 0. The summed E-state index contributed by atoms with van der Waals surface area (Å²) in [6.45, 7) is 1.48. The van der Waals surface area contributed by atoms with Crippen LogP contribution >= 0.6 is 11.8 Å². The number of carbonyl (C=O) groups is 3. The van der Waals surface area contributed by atoms with E-state index in [0.29, 0.717) is 18.5 Å². The molecule has 1 saturated heterocycles. The van der Waals surface area contributed by atoms with Crippen molar-refractivity contribution in [1.82, 2.24) is 10.6 Å². The maximum atomic E-state index is 12.2. The van der Waals surface area contributed by atoms with Gasteiger partial charge in [-0.05, 0) is 50.2 Å². The summed E-state index contributed by atoms with van der Waals surface area (Å²) in [5.41, 5.74) is 0.529. The Balaban J connectivity index is 1.61. The van der Waals surface area contributed by atoms with Gasteiger partial charge in [-0.2, -0.15) is 0 Å². The number of hydrogen-bond acceptors (Lipinski definition) is 5. The minimum absolute atomic E-state index is 0.232. The SMILES string of the molecule is O=C(NC(=O)C1CCNCC1)C(=O)Nc1ccccc1Sc1ccccc1. The summed E-state index contributed by atoms with van der Waals surface area (Å²) in [7, 11) is 0. The predicted octanol–water partition coefficient (Wildman–Crippen LogP) is 2.42. The molecule has 0 aromatic heterocycles. The number of rotatable bonds is 4. The highest BCUT2D eigenvalue weighted by Crippen LogP contribution is 2.33. The molecule has 0 atom stereocenters. The molecule has 0 aliphatic carbocycles. The zero-order chi connectivity index (χ0) is 19.1. The molecule has 1 fully saturated rings. The molecule has 0 saturated carbocycles. The van der Waals surface area contributed by atoms with E-state index in [9.17, 15) is 14.4 Å². The normalized spacial score (nSPS) is 14.4. The van der Waals surface area contributed by atoms with Crippen LogP contribution in [0.15, 0.2) is 64.4 Å². The molecule has 0 unspecified atom stereocenters. The van der Waals surface area contributed by atoms with Crippen LogP contribution in [0.25, 0.3) is 0 Å². The van der Waals surface area contributed by atoms with Crippen LogP contribution in [0.4, 0.5) is 5.69 Å². The summed E-state index contributed by atoms with van der Waals surface area (Å²) in [6, 6.07) is 17.0. The first-order valence-electron chi connectivity index (χ1n) is 8.82. The van der Waals surface area contributed by atoms with Crippen molar-refractivity contribution in [1.29, 1.82) is 0 Å². The highest BCUT2D eigenvalue weighted by Gasteiger charge is 2.25. The first kappa shape index (κ1) is 19.1. The molecule has 1 aliphatic heterocycles. The lowest BCUT2D eigenvalue weighted by molar-refractivity contribution is -0.141. The van der Waals surface area contributed by atoms with Gasteiger partial charge in [0.1, 0.15) is 0 Å². The van der Waals surface area contributed by atoms with E-state index in [2.05, 4.69) is 16.0 Å². The Kier molecular flexibility index (Phi) is 6.62. The lowest BCUT2D eigenvalue weighted by atomic mass is 9.97. The molecule has 2 aromatic rings. The minimum Gasteiger partial charge on any atom is -0.317 e. The number of benzene rings is 2. The van der Waals surface area contributed by atoms with Crippen LogP contribution in [-0.2, 0) is 14.4 Å². The van der Waals surface area contributed by atoms with E-state index in [4.69, 9.17) is 0 Å². The number of piperidine rings is 1. The Morgan fingerprint density at radius 3 is 2.30 bits per heavy atom. The third kappa shape index (κ3) is 5.42. The summed E-state index contributed by atoms with van der Waals surface area (Å²) in [4.78, 5) is 38.3. The first-order chi connectivity index (χ1) is 13.1. The Hall–Kier alpha value is -2.64. The fraction of sp³-hybridized carbons (Fsp3) is 0.250. The average molecular weight is 383 g/mol. The third-order valence-electron chi connectivity index (χ3n) is 4.26. The van der Waals surface area contributed by atoms with Crippen molar-refractivity contribution in [3.8, 4) is 0 Å². The Morgan fingerprint density at radius 1 is 0.889 bits per heavy atom. The molecule has 0 spiro atoms. The van der Waals surface area contributed by atoms with E-state index in [1.807, 2.05) is 42.5 Å². The van der Waals surface area contributed by atoms with Crippen molar-refractivity contribution in [3.63, 3.8) is 0 Å². The van der Waals surface area contributed by atoms with Crippen molar-refractivity contribution in [2.24, 2.45) is 5.92 Å². The fourth-order valence-corrected chi connectivity index (χ4v) is 3.73. The van der Waals surface area contributed by atoms with Crippen LogP contribution in [0, 0.1) is 5.92 Å². The highest BCUT2D eigenvalue weighted by atomic mass is 32.2. The lowest BCUT2D eigenvalue weighted by Crippen LogP contribution is -2.44. The fourth-order valence-electron chi connectivity index (χ4n) is 2.81. The summed E-state index contributed by atoms with van der Waals surface area (Å²) in [5, 5.41) is 7.97. The molecule has 140 valence electrons. The third-order valence-corrected chi connectivity index (χ3v) is 5.34. The summed E-state index contributed by atoms with van der Waals surface area (Å²) >= 11 is 1.48. The molecule has 6 nitrogen and oxygen atoms in total. The summed E-state index contributed by atoms with van der Waals surface area (Å²) in [5.74, 6) is -2.40. The van der Waals surface area contributed by atoms with E-state index < -0.39 is 11.8 Å². The molecule has 2 aromatic carbocycles. The van der Waals surface area contributed by atoms with Gasteiger partial charge in [-0.1, -0.05) is 42.1 Å². The zero-order valence-electron chi connectivity index (χ0n) is 14.7. The van der Waals surface area contributed by atoms with Crippen molar-refractivity contribution in [3.05, 3.63) is 54.6 Å². The molecule has 0 radical (unpaired) electrons. The number of anilines is 1. The van der Waals surface area contributed by atoms with Crippen LogP contribution in [-0.4, -0.2) is 30.8 Å². The number of para-hydroxylation sites is 1. The van der Waals surface area contributed by atoms with E-state index in [1.165, 1.54) is 11.8 Å². The van der Waals surface area contributed by atoms with Crippen molar-refractivity contribution >= 4 is 35.2 Å². The minimum atomic E-state index is -0.932. The van der Waals surface area contributed by atoms with Gasteiger partial charge < -0.3 is 10.6 Å². The second-order valence-corrected chi connectivity index (χ2v) is 7.32. The Labute approximate surface area is 162 Å². The average Bonchev–Trinajstić information content (AvgIpc) is 2.71. The number of hydrogen-bond donors (Lipinski definition) is 3. The van der Waals surface area contributed by atoms with Gasteiger partial charge in [0.15, 0.2) is 0 Å². The molecule has 3 N–H and O–H groups in total. The molecular weight excluding hydrogens is 362 g/mol.